The minimum absolute atomic E-state index is 0.376. The molecule has 2 rings (SSSR count). The van der Waals surface area contributed by atoms with Gasteiger partial charge in [-0.3, -0.25) is 4.79 Å². The van der Waals surface area contributed by atoms with Crippen LogP contribution in [0.1, 0.15) is 58.8 Å². The quantitative estimate of drug-likeness (QED) is 0.837. The first-order valence-corrected chi connectivity index (χ1v) is 7.71. The van der Waals surface area contributed by atoms with Gasteiger partial charge in [0.15, 0.2) is 0 Å². The van der Waals surface area contributed by atoms with Crippen molar-refractivity contribution in [1.29, 1.82) is 0 Å². The van der Waals surface area contributed by atoms with Gasteiger partial charge in [0.05, 0.1) is 0 Å². The summed E-state index contributed by atoms with van der Waals surface area (Å²) in [5.41, 5.74) is 0. The highest BCUT2D eigenvalue weighted by Crippen LogP contribution is 2.24. The van der Waals surface area contributed by atoms with E-state index in [9.17, 15) is 4.79 Å². The third-order valence-electron chi connectivity index (χ3n) is 4.81. The van der Waals surface area contributed by atoms with E-state index in [1.807, 2.05) is 0 Å². The minimum atomic E-state index is 0.376. The van der Waals surface area contributed by atoms with E-state index >= 15 is 0 Å². The van der Waals surface area contributed by atoms with Crippen LogP contribution in [0.2, 0.25) is 0 Å². The van der Waals surface area contributed by atoms with Crippen LogP contribution in [0.5, 0.6) is 0 Å². The van der Waals surface area contributed by atoms with E-state index in [2.05, 4.69) is 24.1 Å². The molecule has 3 nitrogen and oxygen atoms in total. The molecule has 0 aromatic rings. The molecule has 2 heterocycles. The summed E-state index contributed by atoms with van der Waals surface area (Å²) in [6.07, 6.45) is 8.08. The summed E-state index contributed by atoms with van der Waals surface area (Å²) in [5, 5.41) is 3.53. The van der Waals surface area contributed by atoms with Crippen LogP contribution in [-0.4, -0.2) is 36.0 Å². The molecule has 0 spiro atoms. The van der Waals surface area contributed by atoms with Crippen molar-refractivity contribution in [1.82, 2.24) is 10.2 Å². The van der Waals surface area contributed by atoms with Crippen molar-refractivity contribution in [2.45, 2.75) is 70.9 Å². The second kappa shape index (κ2) is 6.55. The van der Waals surface area contributed by atoms with Crippen LogP contribution in [0, 0.1) is 5.92 Å². The Bertz CT molecular complexity index is 274. The molecule has 2 fully saturated rings. The molecular weight excluding hydrogens is 224 g/mol. The second-order valence-electron chi connectivity index (χ2n) is 6.13. The van der Waals surface area contributed by atoms with Crippen LogP contribution in [0.15, 0.2) is 0 Å². The maximum Gasteiger partial charge on any atom is 0.222 e. The number of carbonyl (C=O) groups excluding carboxylic acids is 1. The zero-order valence-corrected chi connectivity index (χ0v) is 12.0. The molecule has 0 aromatic carbocycles. The van der Waals surface area contributed by atoms with E-state index in [1.54, 1.807) is 0 Å². The summed E-state index contributed by atoms with van der Waals surface area (Å²) in [6, 6.07) is 1.02. The van der Waals surface area contributed by atoms with E-state index in [0.717, 1.165) is 25.9 Å². The van der Waals surface area contributed by atoms with Crippen LogP contribution in [0.25, 0.3) is 0 Å². The van der Waals surface area contributed by atoms with Gasteiger partial charge in [-0.05, 0) is 51.5 Å². The molecule has 0 bridgehead atoms. The average molecular weight is 252 g/mol. The summed E-state index contributed by atoms with van der Waals surface area (Å²) in [5.74, 6) is 1.04. The summed E-state index contributed by atoms with van der Waals surface area (Å²) >= 11 is 0. The number of carbonyl (C=O) groups is 1. The number of hydrogen-bond acceptors (Lipinski definition) is 2. The minimum Gasteiger partial charge on any atom is -0.340 e. The Morgan fingerprint density at radius 3 is 2.78 bits per heavy atom. The second-order valence-corrected chi connectivity index (χ2v) is 6.13. The van der Waals surface area contributed by atoms with E-state index in [1.165, 1.54) is 32.1 Å². The van der Waals surface area contributed by atoms with Gasteiger partial charge in [0.1, 0.15) is 0 Å². The van der Waals surface area contributed by atoms with Crippen molar-refractivity contribution in [2.24, 2.45) is 5.92 Å². The molecular formula is C15H28N2O. The van der Waals surface area contributed by atoms with Gasteiger partial charge in [-0.15, -0.1) is 0 Å². The molecule has 3 atom stereocenters. The molecule has 1 N–H and O–H groups in total. The van der Waals surface area contributed by atoms with Crippen LogP contribution in [-0.2, 0) is 4.79 Å². The normalized spacial score (nSPS) is 33.4. The van der Waals surface area contributed by atoms with Crippen molar-refractivity contribution in [2.75, 3.05) is 13.1 Å². The van der Waals surface area contributed by atoms with Gasteiger partial charge in [-0.2, -0.15) is 0 Å². The number of hydrogen-bond donors (Lipinski definition) is 1. The molecule has 0 radical (unpaired) electrons. The lowest BCUT2D eigenvalue weighted by Gasteiger charge is -2.38. The molecule has 0 saturated carbocycles. The SMILES string of the molecule is CC1CCCN(C(=O)CCC2CCCCN2)C1C. The third-order valence-corrected chi connectivity index (χ3v) is 4.81. The molecule has 3 unspecified atom stereocenters. The van der Waals surface area contributed by atoms with Crippen molar-refractivity contribution < 1.29 is 4.79 Å². The maximum absolute atomic E-state index is 12.3. The van der Waals surface area contributed by atoms with E-state index < -0.39 is 0 Å². The Labute approximate surface area is 111 Å². The molecule has 18 heavy (non-hydrogen) atoms. The zero-order chi connectivity index (χ0) is 13.0. The number of amides is 1. The molecule has 2 aliphatic heterocycles. The topological polar surface area (TPSA) is 32.3 Å². The Balaban J connectivity index is 1.76. The predicted octanol–water partition coefficient (Wildman–Crippen LogP) is 2.56. The smallest absolute Gasteiger partial charge is 0.222 e. The number of rotatable bonds is 3. The number of piperidine rings is 2. The van der Waals surface area contributed by atoms with Gasteiger partial charge >= 0.3 is 0 Å². The zero-order valence-electron chi connectivity index (χ0n) is 12.0. The largest absolute Gasteiger partial charge is 0.340 e. The lowest BCUT2D eigenvalue weighted by atomic mass is 9.91. The van der Waals surface area contributed by atoms with Crippen LogP contribution in [0.3, 0.4) is 0 Å². The van der Waals surface area contributed by atoms with Gasteiger partial charge in [0, 0.05) is 25.0 Å². The fourth-order valence-corrected chi connectivity index (χ4v) is 3.30. The molecule has 0 aliphatic carbocycles. The van der Waals surface area contributed by atoms with Gasteiger partial charge in [0.2, 0.25) is 5.91 Å². The highest BCUT2D eigenvalue weighted by Gasteiger charge is 2.28. The molecule has 2 aliphatic rings. The lowest BCUT2D eigenvalue weighted by Crippen LogP contribution is -2.46. The van der Waals surface area contributed by atoms with Crippen molar-refractivity contribution in [3.05, 3.63) is 0 Å². The number of nitrogens with one attached hydrogen (secondary N) is 1. The van der Waals surface area contributed by atoms with E-state index in [4.69, 9.17) is 0 Å². The molecule has 2 saturated heterocycles. The van der Waals surface area contributed by atoms with Crippen LogP contribution < -0.4 is 5.32 Å². The Hall–Kier alpha value is -0.570. The average Bonchev–Trinajstić information content (AvgIpc) is 2.40. The molecule has 0 aromatic heterocycles. The number of likely N-dealkylation sites (tertiary alicyclic amines) is 1. The monoisotopic (exact) mass is 252 g/mol. The van der Waals surface area contributed by atoms with Gasteiger partial charge in [-0.1, -0.05) is 13.3 Å². The lowest BCUT2D eigenvalue weighted by molar-refractivity contribution is -0.136. The van der Waals surface area contributed by atoms with Crippen molar-refractivity contribution in [3.8, 4) is 0 Å². The van der Waals surface area contributed by atoms with Crippen molar-refractivity contribution >= 4 is 5.91 Å². The van der Waals surface area contributed by atoms with Crippen LogP contribution >= 0.6 is 0 Å². The van der Waals surface area contributed by atoms with Crippen LogP contribution in [0.4, 0.5) is 0 Å². The Kier molecular flexibility index (Phi) is 5.04. The fraction of sp³-hybridized carbons (Fsp3) is 0.933. The number of nitrogens with zero attached hydrogens (tertiary/aromatic N) is 1. The summed E-state index contributed by atoms with van der Waals surface area (Å²) < 4.78 is 0. The Morgan fingerprint density at radius 2 is 2.06 bits per heavy atom. The van der Waals surface area contributed by atoms with Crippen molar-refractivity contribution in [3.63, 3.8) is 0 Å². The molecule has 104 valence electrons. The first-order valence-electron chi connectivity index (χ1n) is 7.71. The standard InChI is InChI=1S/C15H28N2O/c1-12-6-5-11-17(13(12)2)15(18)9-8-14-7-3-4-10-16-14/h12-14,16H,3-11H2,1-2H3. The van der Waals surface area contributed by atoms with Gasteiger partial charge < -0.3 is 10.2 Å². The Morgan fingerprint density at radius 1 is 1.22 bits per heavy atom. The predicted molar refractivity (Wildman–Crippen MR) is 74.4 cm³/mol. The fourth-order valence-electron chi connectivity index (χ4n) is 3.30. The first-order chi connectivity index (χ1) is 8.68. The summed E-state index contributed by atoms with van der Waals surface area (Å²) in [6.45, 7) is 6.59. The third kappa shape index (κ3) is 3.47. The highest BCUT2D eigenvalue weighted by atomic mass is 16.2. The van der Waals surface area contributed by atoms with E-state index in [-0.39, 0.29) is 0 Å². The molecule has 3 heteroatoms. The highest BCUT2D eigenvalue weighted by molar-refractivity contribution is 5.76. The summed E-state index contributed by atoms with van der Waals surface area (Å²) in [4.78, 5) is 14.4. The van der Waals surface area contributed by atoms with E-state index in [0.29, 0.717) is 23.9 Å². The van der Waals surface area contributed by atoms with Gasteiger partial charge in [0.25, 0.3) is 0 Å². The first kappa shape index (κ1) is 13.9. The maximum atomic E-state index is 12.3. The van der Waals surface area contributed by atoms with Gasteiger partial charge in [-0.25, -0.2) is 0 Å². The molecule has 1 amide bonds. The summed E-state index contributed by atoms with van der Waals surface area (Å²) in [7, 11) is 0.